The molecule has 5 aromatic rings. The number of allylic oxidation sites excluding steroid dienone is 3. The molecular formula is C40H50N4. The van der Waals surface area contributed by atoms with E-state index in [-0.39, 0.29) is 5.41 Å². The SMILES string of the molecule is C=C(/C(=C(\C)C(C)C)n1ccnc1-c1cc2c3cccnc3n(-c3c(C)cc(C)cc3C)c2cc1C(C)(C)C(C)C)C(C)C. The molecule has 0 N–H and O–H groups in total. The summed E-state index contributed by atoms with van der Waals surface area (Å²) in [7, 11) is 0. The van der Waals surface area contributed by atoms with Crippen molar-refractivity contribution in [1.82, 2.24) is 19.1 Å². The number of imidazole rings is 1. The van der Waals surface area contributed by atoms with Gasteiger partial charge in [0.05, 0.1) is 11.2 Å². The van der Waals surface area contributed by atoms with Gasteiger partial charge in [-0.2, -0.15) is 0 Å². The van der Waals surface area contributed by atoms with E-state index in [0.29, 0.717) is 17.8 Å². The molecule has 44 heavy (non-hydrogen) atoms. The second-order valence-corrected chi connectivity index (χ2v) is 14.2. The van der Waals surface area contributed by atoms with Crippen LogP contribution in [-0.4, -0.2) is 19.1 Å². The fourth-order valence-corrected chi connectivity index (χ4v) is 6.50. The van der Waals surface area contributed by atoms with E-state index in [1.165, 1.54) is 50.1 Å². The maximum absolute atomic E-state index is 5.08. The van der Waals surface area contributed by atoms with Crippen molar-refractivity contribution in [2.75, 3.05) is 0 Å². The summed E-state index contributed by atoms with van der Waals surface area (Å²) in [6.07, 6.45) is 5.97. The normalized spacial score (nSPS) is 13.2. The van der Waals surface area contributed by atoms with Gasteiger partial charge in [0, 0.05) is 40.6 Å². The van der Waals surface area contributed by atoms with E-state index >= 15 is 0 Å². The molecule has 5 rings (SSSR count). The van der Waals surface area contributed by atoms with Crippen LogP contribution in [0.2, 0.25) is 0 Å². The summed E-state index contributed by atoms with van der Waals surface area (Å²) < 4.78 is 4.68. The van der Waals surface area contributed by atoms with E-state index in [4.69, 9.17) is 9.97 Å². The van der Waals surface area contributed by atoms with E-state index in [1.807, 2.05) is 18.5 Å². The second-order valence-electron chi connectivity index (χ2n) is 14.2. The topological polar surface area (TPSA) is 35.6 Å². The molecule has 0 aliphatic heterocycles. The fraction of sp³-hybridized carbons (Fsp3) is 0.400. The summed E-state index contributed by atoms with van der Waals surface area (Å²) in [6.45, 7) is 31.8. The molecule has 0 atom stereocenters. The highest BCUT2D eigenvalue weighted by molar-refractivity contribution is 6.10. The average Bonchev–Trinajstić information content (AvgIpc) is 3.55. The van der Waals surface area contributed by atoms with Crippen LogP contribution in [0.3, 0.4) is 0 Å². The van der Waals surface area contributed by atoms with Crippen LogP contribution in [0.1, 0.15) is 84.6 Å². The summed E-state index contributed by atoms with van der Waals surface area (Å²) in [5.41, 5.74) is 13.1. The minimum Gasteiger partial charge on any atom is -0.300 e. The second kappa shape index (κ2) is 11.5. The molecule has 0 saturated heterocycles. The number of pyridine rings is 1. The van der Waals surface area contributed by atoms with Gasteiger partial charge in [-0.15, -0.1) is 0 Å². The van der Waals surface area contributed by atoms with Gasteiger partial charge in [-0.05, 0) is 103 Å². The first kappa shape index (κ1) is 31.5. The standard InChI is InChI=1S/C40H50N4/c1-23(2)29(10)37(30(11)24(3)4)43-18-17-42-38(43)33-21-32-31-15-14-16-41-39(31)44(36-27(8)19-26(7)20-28(36)9)35(32)22-34(33)40(12,13)25(5)6/h14-25H,10H2,1-9,11-13H3/b37-30-. The van der Waals surface area contributed by atoms with Gasteiger partial charge in [0.25, 0.3) is 0 Å². The molecule has 0 aliphatic carbocycles. The van der Waals surface area contributed by atoms with E-state index in [9.17, 15) is 0 Å². The lowest BCUT2D eigenvalue weighted by molar-refractivity contribution is 0.373. The van der Waals surface area contributed by atoms with Gasteiger partial charge in [0.15, 0.2) is 0 Å². The smallest absolute Gasteiger partial charge is 0.145 e. The summed E-state index contributed by atoms with van der Waals surface area (Å²) in [5, 5.41) is 2.34. The van der Waals surface area contributed by atoms with Gasteiger partial charge in [-0.1, -0.05) is 79.7 Å². The van der Waals surface area contributed by atoms with Crippen LogP contribution in [0.5, 0.6) is 0 Å². The quantitative estimate of drug-likeness (QED) is 0.170. The van der Waals surface area contributed by atoms with Crippen LogP contribution in [0.15, 0.2) is 72.7 Å². The van der Waals surface area contributed by atoms with E-state index < -0.39 is 0 Å². The molecule has 0 aliphatic rings. The largest absolute Gasteiger partial charge is 0.300 e. The predicted molar refractivity (Wildman–Crippen MR) is 190 cm³/mol. The van der Waals surface area contributed by atoms with Crippen LogP contribution in [0.4, 0.5) is 0 Å². The molecule has 3 aromatic heterocycles. The Kier molecular flexibility index (Phi) is 8.26. The van der Waals surface area contributed by atoms with Crippen LogP contribution in [0.25, 0.3) is 44.7 Å². The van der Waals surface area contributed by atoms with Gasteiger partial charge in [0.1, 0.15) is 11.5 Å². The Bertz CT molecular complexity index is 1900. The number of fused-ring (bicyclic) bond motifs is 3. The number of hydrogen-bond acceptors (Lipinski definition) is 2. The highest BCUT2D eigenvalue weighted by Gasteiger charge is 2.32. The number of aryl methyl sites for hydroxylation is 3. The average molecular weight is 587 g/mol. The van der Waals surface area contributed by atoms with Gasteiger partial charge >= 0.3 is 0 Å². The minimum absolute atomic E-state index is 0.127. The van der Waals surface area contributed by atoms with Gasteiger partial charge in [-0.3, -0.25) is 9.13 Å². The van der Waals surface area contributed by atoms with Crippen molar-refractivity contribution in [3.05, 3.63) is 95.0 Å². The van der Waals surface area contributed by atoms with E-state index in [2.05, 4.69) is 135 Å². The zero-order valence-corrected chi connectivity index (χ0v) is 28.9. The first-order chi connectivity index (χ1) is 20.7. The highest BCUT2D eigenvalue weighted by Crippen LogP contribution is 2.44. The maximum atomic E-state index is 5.08. The van der Waals surface area contributed by atoms with Gasteiger partial charge < -0.3 is 0 Å². The Morgan fingerprint density at radius 1 is 0.841 bits per heavy atom. The van der Waals surface area contributed by atoms with Crippen molar-refractivity contribution in [2.45, 2.75) is 88.5 Å². The van der Waals surface area contributed by atoms with Crippen LogP contribution in [0, 0.1) is 38.5 Å². The Balaban J connectivity index is 1.95. The Labute approximate surface area is 264 Å². The van der Waals surface area contributed by atoms with Crippen LogP contribution < -0.4 is 0 Å². The molecular weight excluding hydrogens is 536 g/mol. The zero-order chi connectivity index (χ0) is 32.2. The Morgan fingerprint density at radius 3 is 2.09 bits per heavy atom. The molecule has 4 heteroatoms. The van der Waals surface area contributed by atoms with Gasteiger partial charge in [-0.25, -0.2) is 9.97 Å². The van der Waals surface area contributed by atoms with Crippen LogP contribution >= 0.6 is 0 Å². The number of aromatic nitrogens is 4. The lowest BCUT2D eigenvalue weighted by atomic mass is 9.73. The number of nitrogens with zero attached hydrogens (tertiary/aromatic N) is 4. The monoisotopic (exact) mass is 586 g/mol. The molecule has 0 fully saturated rings. The molecule has 0 saturated carbocycles. The predicted octanol–water partition coefficient (Wildman–Crippen LogP) is 11.0. The molecule has 0 bridgehead atoms. The third-order valence-electron chi connectivity index (χ3n) is 10.0. The maximum Gasteiger partial charge on any atom is 0.145 e. The van der Waals surface area contributed by atoms with Crippen molar-refractivity contribution < 1.29 is 0 Å². The van der Waals surface area contributed by atoms with Crippen molar-refractivity contribution in [2.24, 2.45) is 17.8 Å². The summed E-state index contributed by atoms with van der Waals surface area (Å²) in [5.74, 6) is 2.06. The number of benzene rings is 2. The van der Waals surface area contributed by atoms with Crippen molar-refractivity contribution in [1.29, 1.82) is 0 Å². The molecule has 2 aromatic carbocycles. The molecule has 0 unspecified atom stereocenters. The Hall–Kier alpha value is -3.92. The first-order valence-corrected chi connectivity index (χ1v) is 16.1. The van der Waals surface area contributed by atoms with E-state index in [0.717, 1.165) is 28.0 Å². The van der Waals surface area contributed by atoms with Crippen molar-refractivity contribution >= 4 is 27.6 Å². The van der Waals surface area contributed by atoms with Crippen molar-refractivity contribution in [3.63, 3.8) is 0 Å². The van der Waals surface area contributed by atoms with E-state index in [1.54, 1.807) is 0 Å². The summed E-state index contributed by atoms with van der Waals surface area (Å²) >= 11 is 0. The lowest BCUT2D eigenvalue weighted by Crippen LogP contribution is -2.26. The minimum atomic E-state index is -0.127. The molecule has 0 spiro atoms. The number of hydrogen-bond donors (Lipinski definition) is 0. The fourth-order valence-electron chi connectivity index (χ4n) is 6.50. The Morgan fingerprint density at radius 2 is 1.50 bits per heavy atom. The first-order valence-electron chi connectivity index (χ1n) is 16.1. The summed E-state index contributed by atoms with van der Waals surface area (Å²) in [6, 6.07) is 13.6. The molecule has 4 nitrogen and oxygen atoms in total. The number of rotatable bonds is 8. The molecule has 230 valence electrons. The third kappa shape index (κ3) is 5.12. The van der Waals surface area contributed by atoms with Crippen LogP contribution in [-0.2, 0) is 5.41 Å². The zero-order valence-electron chi connectivity index (χ0n) is 28.9. The molecule has 0 amide bonds. The lowest BCUT2D eigenvalue weighted by Gasteiger charge is -2.33. The highest BCUT2D eigenvalue weighted by atomic mass is 15.1. The third-order valence-corrected chi connectivity index (χ3v) is 10.0. The van der Waals surface area contributed by atoms with Crippen molar-refractivity contribution in [3.8, 4) is 17.1 Å². The molecule has 0 radical (unpaired) electrons. The van der Waals surface area contributed by atoms with Gasteiger partial charge in [0.2, 0.25) is 0 Å². The summed E-state index contributed by atoms with van der Waals surface area (Å²) in [4.78, 5) is 10.1. The molecule has 3 heterocycles.